The standard InChI is InChI=1S/C19H20N2O/c1-3-19(4-2)18(22)20-17(14-10-6-5-7-11-14)15-12-8-9-13-16(15)21-19/h5-13,21H,3-4H2,1-2H3. The zero-order valence-corrected chi connectivity index (χ0v) is 13.0. The summed E-state index contributed by atoms with van der Waals surface area (Å²) >= 11 is 0. The third-order valence-electron chi connectivity index (χ3n) is 4.43. The van der Waals surface area contributed by atoms with E-state index in [1.807, 2.05) is 68.4 Å². The first-order chi connectivity index (χ1) is 10.7. The van der Waals surface area contributed by atoms with Gasteiger partial charge < -0.3 is 5.32 Å². The van der Waals surface area contributed by atoms with E-state index in [9.17, 15) is 4.79 Å². The topological polar surface area (TPSA) is 41.5 Å². The number of anilines is 1. The van der Waals surface area contributed by atoms with Gasteiger partial charge in [-0.25, -0.2) is 4.99 Å². The Morgan fingerprint density at radius 1 is 0.955 bits per heavy atom. The number of hydrogen-bond acceptors (Lipinski definition) is 2. The Balaban J connectivity index is 2.23. The normalized spacial score (nSPS) is 16.3. The van der Waals surface area contributed by atoms with Crippen molar-refractivity contribution in [2.75, 3.05) is 5.32 Å². The molecule has 0 saturated carbocycles. The van der Waals surface area contributed by atoms with Gasteiger partial charge >= 0.3 is 0 Å². The minimum Gasteiger partial charge on any atom is -0.371 e. The molecule has 0 fully saturated rings. The Kier molecular flexibility index (Phi) is 3.80. The summed E-state index contributed by atoms with van der Waals surface area (Å²) in [7, 11) is 0. The maximum Gasteiger partial charge on any atom is 0.271 e. The predicted octanol–water partition coefficient (Wildman–Crippen LogP) is 4.03. The SMILES string of the molecule is CCC1(CC)Nc2ccccc2C(c2ccccc2)=NC1=O. The summed E-state index contributed by atoms with van der Waals surface area (Å²) in [6, 6.07) is 17.9. The Labute approximate surface area is 131 Å². The molecule has 0 saturated heterocycles. The van der Waals surface area contributed by atoms with Gasteiger partial charge in [0.2, 0.25) is 0 Å². The predicted molar refractivity (Wildman–Crippen MR) is 90.5 cm³/mol. The highest BCUT2D eigenvalue weighted by molar-refractivity contribution is 6.21. The number of carbonyl (C=O) groups is 1. The average Bonchev–Trinajstić information content (AvgIpc) is 2.71. The van der Waals surface area contributed by atoms with Crippen LogP contribution in [0, 0.1) is 0 Å². The second-order valence-corrected chi connectivity index (χ2v) is 5.59. The van der Waals surface area contributed by atoms with Crippen molar-refractivity contribution in [3.63, 3.8) is 0 Å². The lowest BCUT2D eigenvalue weighted by Gasteiger charge is -2.29. The number of benzodiazepines with no additional fused rings is 1. The van der Waals surface area contributed by atoms with Gasteiger partial charge in [0.15, 0.2) is 0 Å². The molecule has 1 amide bonds. The van der Waals surface area contributed by atoms with Crippen molar-refractivity contribution in [2.24, 2.45) is 4.99 Å². The highest BCUT2D eigenvalue weighted by Crippen LogP contribution is 2.31. The average molecular weight is 292 g/mol. The quantitative estimate of drug-likeness (QED) is 0.927. The molecule has 3 rings (SSSR count). The van der Waals surface area contributed by atoms with Gasteiger partial charge in [-0.15, -0.1) is 0 Å². The van der Waals surface area contributed by atoms with Crippen molar-refractivity contribution < 1.29 is 4.79 Å². The molecule has 1 heterocycles. The van der Waals surface area contributed by atoms with Crippen LogP contribution in [-0.2, 0) is 4.79 Å². The molecule has 1 aliphatic rings. The fourth-order valence-corrected chi connectivity index (χ4v) is 2.92. The van der Waals surface area contributed by atoms with Gasteiger partial charge in [0, 0.05) is 16.8 Å². The van der Waals surface area contributed by atoms with Gasteiger partial charge in [0.25, 0.3) is 5.91 Å². The van der Waals surface area contributed by atoms with E-state index in [-0.39, 0.29) is 5.91 Å². The highest BCUT2D eigenvalue weighted by atomic mass is 16.2. The molecule has 0 atom stereocenters. The summed E-state index contributed by atoms with van der Waals surface area (Å²) in [5.41, 5.74) is 3.04. The largest absolute Gasteiger partial charge is 0.371 e. The van der Waals surface area contributed by atoms with Crippen molar-refractivity contribution >= 4 is 17.3 Å². The minimum atomic E-state index is -0.618. The molecule has 2 aromatic rings. The van der Waals surface area contributed by atoms with Crippen LogP contribution in [0.5, 0.6) is 0 Å². The second kappa shape index (κ2) is 5.76. The van der Waals surface area contributed by atoms with Gasteiger partial charge in [-0.1, -0.05) is 62.4 Å². The summed E-state index contributed by atoms with van der Waals surface area (Å²) in [6.07, 6.45) is 1.42. The summed E-state index contributed by atoms with van der Waals surface area (Å²) in [6.45, 7) is 4.06. The Bertz CT molecular complexity index is 715. The number of nitrogens with zero attached hydrogens (tertiary/aromatic N) is 1. The van der Waals surface area contributed by atoms with E-state index in [0.29, 0.717) is 12.8 Å². The van der Waals surface area contributed by atoms with Gasteiger partial charge in [-0.3, -0.25) is 4.79 Å². The third-order valence-corrected chi connectivity index (χ3v) is 4.43. The molecular weight excluding hydrogens is 272 g/mol. The van der Waals surface area contributed by atoms with E-state index >= 15 is 0 Å². The Hall–Kier alpha value is -2.42. The Morgan fingerprint density at radius 3 is 2.27 bits per heavy atom. The number of carbonyl (C=O) groups excluding carboxylic acids is 1. The molecule has 1 aliphatic heterocycles. The molecule has 1 N–H and O–H groups in total. The van der Waals surface area contributed by atoms with Crippen LogP contribution in [0.4, 0.5) is 5.69 Å². The van der Waals surface area contributed by atoms with Gasteiger partial charge in [0.05, 0.1) is 5.71 Å². The third kappa shape index (κ3) is 2.33. The first-order valence-corrected chi connectivity index (χ1v) is 7.76. The lowest BCUT2D eigenvalue weighted by Crippen LogP contribution is -2.44. The van der Waals surface area contributed by atoms with E-state index < -0.39 is 5.54 Å². The van der Waals surface area contributed by atoms with Crippen molar-refractivity contribution in [2.45, 2.75) is 32.2 Å². The molecule has 0 unspecified atom stereocenters. The van der Waals surface area contributed by atoms with Crippen molar-refractivity contribution in [1.29, 1.82) is 0 Å². The van der Waals surface area contributed by atoms with Crippen LogP contribution in [-0.4, -0.2) is 17.2 Å². The molecule has 3 nitrogen and oxygen atoms in total. The number of fused-ring (bicyclic) bond motifs is 1. The summed E-state index contributed by atoms with van der Waals surface area (Å²) in [4.78, 5) is 17.3. The zero-order chi connectivity index (χ0) is 15.6. The van der Waals surface area contributed by atoms with E-state index in [2.05, 4.69) is 10.3 Å². The first kappa shape index (κ1) is 14.5. The number of para-hydroxylation sites is 1. The van der Waals surface area contributed by atoms with Crippen molar-refractivity contribution in [3.05, 3.63) is 65.7 Å². The van der Waals surface area contributed by atoms with E-state index in [1.165, 1.54) is 0 Å². The van der Waals surface area contributed by atoms with E-state index in [4.69, 9.17) is 0 Å². The molecule has 0 aliphatic carbocycles. The number of rotatable bonds is 3. The number of amides is 1. The molecule has 112 valence electrons. The molecule has 0 bridgehead atoms. The van der Waals surface area contributed by atoms with Crippen LogP contribution >= 0.6 is 0 Å². The van der Waals surface area contributed by atoms with Gasteiger partial charge in [-0.2, -0.15) is 0 Å². The summed E-state index contributed by atoms with van der Waals surface area (Å²) in [5.74, 6) is -0.0902. The zero-order valence-electron chi connectivity index (χ0n) is 13.0. The van der Waals surface area contributed by atoms with Crippen LogP contribution in [0.3, 0.4) is 0 Å². The number of benzene rings is 2. The monoisotopic (exact) mass is 292 g/mol. The molecule has 2 aromatic carbocycles. The number of aliphatic imine (C=N–C) groups is 1. The maximum atomic E-state index is 12.8. The minimum absolute atomic E-state index is 0.0902. The number of hydrogen-bond donors (Lipinski definition) is 1. The van der Waals surface area contributed by atoms with Crippen LogP contribution in [0.15, 0.2) is 59.6 Å². The molecule has 0 radical (unpaired) electrons. The van der Waals surface area contributed by atoms with Crippen LogP contribution < -0.4 is 5.32 Å². The Morgan fingerprint density at radius 2 is 1.59 bits per heavy atom. The summed E-state index contributed by atoms with van der Waals surface area (Å²) in [5, 5.41) is 3.46. The molecule has 22 heavy (non-hydrogen) atoms. The van der Waals surface area contributed by atoms with Crippen LogP contribution in [0.25, 0.3) is 0 Å². The first-order valence-electron chi connectivity index (χ1n) is 7.76. The molecule has 0 spiro atoms. The van der Waals surface area contributed by atoms with Crippen LogP contribution in [0.1, 0.15) is 37.8 Å². The van der Waals surface area contributed by atoms with Crippen molar-refractivity contribution in [1.82, 2.24) is 0 Å². The fraction of sp³-hybridized carbons (Fsp3) is 0.263. The maximum absolute atomic E-state index is 12.8. The van der Waals surface area contributed by atoms with Gasteiger partial charge in [-0.05, 0) is 18.9 Å². The van der Waals surface area contributed by atoms with Crippen LogP contribution in [0.2, 0.25) is 0 Å². The second-order valence-electron chi connectivity index (χ2n) is 5.59. The molecule has 0 aromatic heterocycles. The molecular formula is C19H20N2O. The smallest absolute Gasteiger partial charge is 0.271 e. The molecule has 3 heteroatoms. The lowest BCUT2D eigenvalue weighted by molar-refractivity contribution is -0.122. The van der Waals surface area contributed by atoms with Crippen molar-refractivity contribution in [3.8, 4) is 0 Å². The van der Waals surface area contributed by atoms with E-state index in [0.717, 1.165) is 22.5 Å². The number of nitrogens with one attached hydrogen (secondary N) is 1. The summed E-state index contributed by atoms with van der Waals surface area (Å²) < 4.78 is 0. The fourth-order valence-electron chi connectivity index (χ4n) is 2.92. The van der Waals surface area contributed by atoms with E-state index in [1.54, 1.807) is 0 Å². The van der Waals surface area contributed by atoms with Gasteiger partial charge in [0.1, 0.15) is 5.54 Å². The highest BCUT2D eigenvalue weighted by Gasteiger charge is 2.37. The lowest BCUT2D eigenvalue weighted by atomic mass is 9.91.